The topological polar surface area (TPSA) is 66.0 Å². The molecule has 0 spiro atoms. The van der Waals surface area contributed by atoms with Crippen molar-refractivity contribution in [2.75, 3.05) is 13.7 Å². The van der Waals surface area contributed by atoms with Crippen molar-refractivity contribution < 1.29 is 4.74 Å². The minimum Gasteiger partial charge on any atom is -0.383 e. The molecule has 0 saturated carbocycles. The van der Waals surface area contributed by atoms with Gasteiger partial charge in [-0.3, -0.25) is 0 Å². The van der Waals surface area contributed by atoms with Gasteiger partial charge in [0.25, 0.3) is 0 Å². The summed E-state index contributed by atoms with van der Waals surface area (Å²) in [7, 11) is 1.68. The van der Waals surface area contributed by atoms with Gasteiger partial charge in [-0.1, -0.05) is 19.1 Å². The van der Waals surface area contributed by atoms with E-state index < -0.39 is 0 Å². The summed E-state index contributed by atoms with van der Waals surface area (Å²) in [5.74, 6) is 0.389. The van der Waals surface area contributed by atoms with Crippen LogP contribution in [0, 0.1) is 0 Å². The second kappa shape index (κ2) is 5.07. The molecular weight excluding hydrogens is 180 g/mol. The Bertz CT molecular complexity index is 282. The standard InChI is InChI=1S/C9H18N4O/c1-7(2)9-8(6-10)11-12-13(9)4-5-14-3/h7H,4-6,10H2,1-3H3. The van der Waals surface area contributed by atoms with Crippen LogP contribution in [0.5, 0.6) is 0 Å². The van der Waals surface area contributed by atoms with Crippen LogP contribution in [0.25, 0.3) is 0 Å². The average molecular weight is 198 g/mol. The van der Waals surface area contributed by atoms with E-state index in [9.17, 15) is 0 Å². The van der Waals surface area contributed by atoms with Gasteiger partial charge in [0.1, 0.15) is 0 Å². The molecule has 0 atom stereocenters. The maximum atomic E-state index is 5.58. The van der Waals surface area contributed by atoms with E-state index in [0.717, 1.165) is 17.9 Å². The predicted octanol–water partition coefficient (Wildman–Crippen LogP) is 0.507. The SMILES string of the molecule is COCCn1nnc(CN)c1C(C)C. The molecular formula is C9H18N4O. The first-order valence-corrected chi connectivity index (χ1v) is 4.82. The Morgan fingerprint density at radius 2 is 2.21 bits per heavy atom. The molecule has 0 aliphatic carbocycles. The largest absolute Gasteiger partial charge is 0.383 e. The van der Waals surface area contributed by atoms with E-state index in [-0.39, 0.29) is 0 Å². The Morgan fingerprint density at radius 1 is 1.50 bits per heavy atom. The number of aromatic nitrogens is 3. The minimum atomic E-state index is 0.389. The molecule has 0 bridgehead atoms. The van der Waals surface area contributed by atoms with Gasteiger partial charge in [0.15, 0.2) is 0 Å². The number of methoxy groups -OCH3 is 1. The zero-order chi connectivity index (χ0) is 10.6. The van der Waals surface area contributed by atoms with Crippen molar-refractivity contribution in [1.29, 1.82) is 0 Å². The highest BCUT2D eigenvalue weighted by molar-refractivity contribution is 5.13. The van der Waals surface area contributed by atoms with Crippen LogP contribution >= 0.6 is 0 Å². The van der Waals surface area contributed by atoms with E-state index in [2.05, 4.69) is 24.2 Å². The molecule has 80 valence electrons. The maximum absolute atomic E-state index is 5.58. The lowest BCUT2D eigenvalue weighted by Crippen LogP contribution is -2.12. The van der Waals surface area contributed by atoms with Crippen LogP contribution in [0.4, 0.5) is 0 Å². The van der Waals surface area contributed by atoms with E-state index in [1.54, 1.807) is 7.11 Å². The first-order valence-electron chi connectivity index (χ1n) is 4.82. The van der Waals surface area contributed by atoms with Gasteiger partial charge in [-0.25, -0.2) is 4.68 Å². The normalized spacial score (nSPS) is 11.2. The van der Waals surface area contributed by atoms with Crippen LogP contribution in [0.1, 0.15) is 31.2 Å². The summed E-state index contributed by atoms with van der Waals surface area (Å²) >= 11 is 0. The van der Waals surface area contributed by atoms with Crippen LogP contribution in [0.2, 0.25) is 0 Å². The van der Waals surface area contributed by atoms with Crippen LogP contribution in [0.3, 0.4) is 0 Å². The summed E-state index contributed by atoms with van der Waals surface area (Å²) < 4.78 is 6.87. The highest BCUT2D eigenvalue weighted by atomic mass is 16.5. The fourth-order valence-electron chi connectivity index (χ4n) is 1.48. The Labute approximate surface area is 84.2 Å². The molecule has 0 aromatic carbocycles. The average Bonchev–Trinajstić information content (AvgIpc) is 2.57. The fraction of sp³-hybridized carbons (Fsp3) is 0.778. The highest BCUT2D eigenvalue weighted by Gasteiger charge is 2.14. The van der Waals surface area contributed by atoms with E-state index >= 15 is 0 Å². The second-order valence-corrected chi connectivity index (χ2v) is 3.50. The Morgan fingerprint density at radius 3 is 2.71 bits per heavy atom. The van der Waals surface area contributed by atoms with Gasteiger partial charge in [0, 0.05) is 13.7 Å². The summed E-state index contributed by atoms with van der Waals surface area (Å²) in [5, 5.41) is 8.09. The van der Waals surface area contributed by atoms with Crippen molar-refractivity contribution in [2.24, 2.45) is 5.73 Å². The van der Waals surface area contributed by atoms with Crippen LogP contribution in [0.15, 0.2) is 0 Å². The van der Waals surface area contributed by atoms with Crippen molar-refractivity contribution in [3.05, 3.63) is 11.4 Å². The number of hydrogen-bond donors (Lipinski definition) is 1. The van der Waals surface area contributed by atoms with Crippen LogP contribution in [-0.2, 0) is 17.8 Å². The highest BCUT2D eigenvalue weighted by Crippen LogP contribution is 2.16. The molecule has 2 N–H and O–H groups in total. The van der Waals surface area contributed by atoms with Crippen molar-refractivity contribution in [3.8, 4) is 0 Å². The van der Waals surface area contributed by atoms with Crippen molar-refractivity contribution in [2.45, 2.75) is 32.9 Å². The van der Waals surface area contributed by atoms with E-state index in [0.29, 0.717) is 19.1 Å². The van der Waals surface area contributed by atoms with Gasteiger partial charge in [-0.2, -0.15) is 0 Å². The fourth-order valence-corrected chi connectivity index (χ4v) is 1.48. The molecule has 0 radical (unpaired) electrons. The third kappa shape index (κ3) is 2.30. The third-order valence-corrected chi connectivity index (χ3v) is 2.09. The molecule has 0 amide bonds. The maximum Gasteiger partial charge on any atom is 0.0997 e. The summed E-state index contributed by atoms with van der Waals surface area (Å²) in [4.78, 5) is 0. The number of rotatable bonds is 5. The van der Waals surface area contributed by atoms with Crippen molar-refractivity contribution in [3.63, 3.8) is 0 Å². The summed E-state index contributed by atoms with van der Waals surface area (Å²) in [6.07, 6.45) is 0. The molecule has 1 aromatic heterocycles. The lowest BCUT2D eigenvalue weighted by Gasteiger charge is -2.09. The molecule has 1 heterocycles. The molecule has 5 heteroatoms. The van der Waals surface area contributed by atoms with Crippen molar-refractivity contribution in [1.82, 2.24) is 15.0 Å². The zero-order valence-electron chi connectivity index (χ0n) is 9.03. The summed E-state index contributed by atoms with van der Waals surface area (Å²) in [6.45, 7) is 6.05. The first kappa shape index (κ1) is 11.1. The summed E-state index contributed by atoms with van der Waals surface area (Å²) in [6, 6.07) is 0. The number of nitrogens with two attached hydrogens (primary N) is 1. The number of ether oxygens (including phenoxy) is 1. The van der Waals surface area contributed by atoms with Crippen LogP contribution < -0.4 is 5.73 Å². The smallest absolute Gasteiger partial charge is 0.0997 e. The van der Waals surface area contributed by atoms with E-state index in [4.69, 9.17) is 10.5 Å². The molecule has 0 saturated heterocycles. The van der Waals surface area contributed by atoms with Gasteiger partial charge in [0.05, 0.1) is 24.5 Å². The number of hydrogen-bond acceptors (Lipinski definition) is 4. The van der Waals surface area contributed by atoms with E-state index in [1.807, 2.05) is 4.68 Å². The molecule has 5 nitrogen and oxygen atoms in total. The van der Waals surface area contributed by atoms with Gasteiger partial charge in [-0.05, 0) is 5.92 Å². The van der Waals surface area contributed by atoms with E-state index in [1.165, 1.54) is 0 Å². The Hall–Kier alpha value is -0.940. The van der Waals surface area contributed by atoms with Gasteiger partial charge >= 0.3 is 0 Å². The summed E-state index contributed by atoms with van der Waals surface area (Å²) in [5.41, 5.74) is 7.58. The monoisotopic (exact) mass is 198 g/mol. The molecule has 1 rings (SSSR count). The predicted molar refractivity (Wildman–Crippen MR) is 53.9 cm³/mol. The minimum absolute atomic E-state index is 0.389. The van der Waals surface area contributed by atoms with Gasteiger partial charge < -0.3 is 10.5 Å². The zero-order valence-corrected chi connectivity index (χ0v) is 9.03. The molecule has 0 aliphatic heterocycles. The molecule has 0 aliphatic rings. The second-order valence-electron chi connectivity index (χ2n) is 3.50. The third-order valence-electron chi connectivity index (χ3n) is 2.09. The molecule has 0 unspecified atom stereocenters. The van der Waals surface area contributed by atoms with Gasteiger partial charge in [0.2, 0.25) is 0 Å². The molecule has 1 aromatic rings. The quantitative estimate of drug-likeness (QED) is 0.748. The Kier molecular flexibility index (Phi) is 4.03. The molecule has 14 heavy (non-hydrogen) atoms. The lowest BCUT2D eigenvalue weighted by atomic mass is 10.1. The lowest BCUT2D eigenvalue weighted by molar-refractivity contribution is 0.181. The van der Waals surface area contributed by atoms with Crippen molar-refractivity contribution >= 4 is 0 Å². The molecule has 0 fully saturated rings. The van der Waals surface area contributed by atoms with Gasteiger partial charge in [-0.15, -0.1) is 5.10 Å². The Balaban J connectivity index is 2.87. The van der Waals surface area contributed by atoms with Crippen LogP contribution in [-0.4, -0.2) is 28.7 Å². The first-order chi connectivity index (χ1) is 6.70. The number of nitrogens with zero attached hydrogens (tertiary/aromatic N) is 3.